The summed E-state index contributed by atoms with van der Waals surface area (Å²) in [5.74, 6) is 1.52. The lowest BCUT2D eigenvalue weighted by atomic mass is 10.1. The number of aromatic nitrogens is 2. The van der Waals surface area contributed by atoms with Crippen molar-refractivity contribution in [2.75, 3.05) is 6.61 Å². The molecule has 0 fully saturated rings. The molecule has 0 amide bonds. The first-order valence-corrected chi connectivity index (χ1v) is 10.0. The number of benzene rings is 3. The van der Waals surface area contributed by atoms with Gasteiger partial charge in [-0.2, -0.15) is 0 Å². The standard InChI is InChI=1S/C24H21ClN2O2/c25-19-14-12-18(13-15-19)23-26-22-11-5-4-10-21(22)24(28)27(23)16-6-7-17-29-20-8-2-1-3-9-20/h1-5,8-15H,6-7,16-17H2. The minimum atomic E-state index is -0.0236. The molecule has 0 N–H and O–H groups in total. The third-order valence-corrected chi connectivity index (χ3v) is 5.00. The van der Waals surface area contributed by atoms with E-state index in [0.717, 1.165) is 24.2 Å². The zero-order chi connectivity index (χ0) is 20.1. The maximum absolute atomic E-state index is 13.1. The van der Waals surface area contributed by atoms with Crippen molar-refractivity contribution >= 4 is 22.5 Å². The average Bonchev–Trinajstić information content (AvgIpc) is 2.76. The van der Waals surface area contributed by atoms with Crippen LogP contribution in [0.3, 0.4) is 0 Å². The highest BCUT2D eigenvalue weighted by Gasteiger charge is 2.12. The van der Waals surface area contributed by atoms with E-state index in [1.807, 2.05) is 78.9 Å². The maximum atomic E-state index is 13.1. The Kier molecular flexibility index (Phi) is 5.92. The van der Waals surface area contributed by atoms with Crippen LogP contribution in [-0.4, -0.2) is 16.2 Å². The lowest BCUT2D eigenvalue weighted by Crippen LogP contribution is -2.24. The van der Waals surface area contributed by atoms with Crippen molar-refractivity contribution in [2.24, 2.45) is 0 Å². The fourth-order valence-corrected chi connectivity index (χ4v) is 3.40. The molecule has 0 radical (unpaired) electrons. The van der Waals surface area contributed by atoms with Gasteiger partial charge in [-0.15, -0.1) is 0 Å². The molecule has 4 rings (SSSR count). The molecule has 4 nitrogen and oxygen atoms in total. The fourth-order valence-electron chi connectivity index (χ4n) is 3.27. The van der Waals surface area contributed by atoms with Crippen LogP contribution in [0.1, 0.15) is 12.8 Å². The number of unbranched alkanes of at least 4 members (excludes halogenated alkanes) is 1. The molecule has 0 bridgehead atoms. The lowest BCUT2D eigenvalue weighted by Gasteiger charge is -2.14. The molecule has 0 atom stereocenters. The molecule has 0 saturated carbocycles. The molecule has 0 unspecified atom stereocenters. The van der Waals surface area contributed by atoms with E-state index in [4.69, 9.17) is 21.3 Å². The predicted octanol–water partition coefficient (Wildman–Crippen LogP) is 5.58. The number of para-hydroxylation sites is 2. The molecule has 5 heteroatoms. The largest absolute Gasteiger partial charge is 0.494 e. The molecular weight excluding hydrogens is 384 g/mol. The lowest BCUT2D eigenvalue weighted by molar-refractivity contribution is 0.303. The number of hydrogen-bond acceptors (Lipinski definition) is 3. The van der Waals surface area contributed by atoms with Gasteiger partial charge in [-0.05, 0) is 61.4 Å². The SMILES string of the molecule is O=c1c2ccccc2nc(-c2ccc(Cl)cc2)n1CCCCOc1ccccc1. The van der Waals surface area contributed by atoms with E-state index in [1.165, 1.54) is 0 Å². The van der Waals surface area contributed by atoms with Gasteiger partial charge in [0.05, 0.1) is 17.5 Å². The van der Waals surface area contributed by atoms with Crippen LogP contribution in [-0.2, 0) is 6.54 Å². The summed E-state index contributed by atoms with van der Waals surface area (Å²) in [6.45, 7) is 1.18. The maximum Gasteiger partial charge on any atom is 0.261 e. The van der Waals surface area contributed by atoms with Gasteiger partial charge in [-0.1, -0.05) is 41.9 Å². The highest BCUT2D eigenvalue weighted by Crippen LogP contribution is 2.21. The first kappa shape index (κ1) is 19.2. The Morgan fingerprint density at radius 3 is 2.38 bits per heavy atom. The van der Waals surface area contributed by atoms with E-state index in [2.05, 4.69) is 0 Å². The van der Waals surface area contributed by atoms with Crippen molar-refractivity contribution in [3.05, 3.63) is 94.2 Å². The number of hydrogen-bond donors (Lipinski definition) is 0. The van der Waals surface area contributed by atoms with Crippen LogP contribution in [0.25, 0.3) is 22.3 Å². The second-order valence-electron chi connectivity index (χ2n) is 6.78. The second-order valence-corrected chi connectivity index (χ2v) is 7.22. The smallest absolute Gasteiger partial charge is 0.261 e. The van der Waals surface area contributed by atoms with Crippen molar-refractivity contribution in [1.29, 1.82) is 0 Å². The zero-order valence-corrected chi connectivity index (χ0v) is 16.7. The highest BCUT2D eigenvalue weighted by atomic mass is 35.5. The third-order valence-electron chi connectivity index (χ3n) is 4.75. The van der Waals surface area contributed by atoms with Crippen molar-refractivity contribution in [3.8, 4) is 17.1 Å². The molecule has 0 saturated heterocycles. The quantitative estimate of drug-likeness (QED) is 0.378. The zero-order valence-electron chi connectivity index (χ0n) is 15.9. The van der Waals surface area contributed by atoms with E-state index in [-0.39, 0.29) is 5.56 Å². The molecule has 146 valence electrons. The summed E-state index contributed by atoms with van der Waals surface area (Å²) in [7, 11) is 0. The summed E-state index contributed by atoms with van der Waals surface area (Å²) in [5, 5.41) is 1.28. The van der Waals surface area contributed by atoms with E-state index >= 15 is 0 Å². The molecule has 4 aromatic rings. The van der Waals surface area contributed by atoms with Gasteiger partial charge >= 0.3 is 0 Å². The Morgan fingerprint density at radius 2 is 1.59 bits per heavy atom. The molecule has 1 aromatic heterocycles. The number of halogens is 1. The van der Waals surface area contributed by atoms with Crippen LogP contribution in [0.2, 0.25) is 5.02 Å². The van der Waals surface area contributed by atoms with Crippen LogP contribution in [0.5, 0.6) is 5.75 Å². The number of nitrogens with zero attached hydrogens (tertiary/aromatic N) is 2. The topological polar surface area (TPSA) is 44.1 Å². The molecule has 0 spiro atoms. The molecule has 3 aromatic carbocycles. The fraction of sp³-hybridized carbons (Fsp3) is 0.167. The monoisotopic (exact) mass is 404 g/mol. The van der Waals surface area contributed by atoms with Gasteiger partial charge in [0.15, 0.2) is 0 Å². The number of ether oxygens (including phenoxy) is 1. The summed E-state index contributed by atoms with van der Waals surface area (Å²) in [6, 6.07) is 24.6. The van der Waals surface area contributed by atoms with Crippen molar-refractivity contribution in [1.82, 2.24) is 9.55 Å². The molecule has 1 heterocycles. The average molecular weight is 405 g/mol. The first-order chi connectivity index (χ1) is 14.2. The van der Waals surface area contributed by atoms with Crippen LogP contribution < -0.4 is 10.3 Å². The second kappa shape index (κ2) is 8.93. The summed E-state index contributed by atoms with van der Waals surface area (Å²) < 4.78 is 7.51. The summed E-state index contributed by atoms with van der Waals surface area (Å²) in [4.78, 5) is 17.9. The van der Waals surface area contributed by atoms with Crippen molar-refractivity contribution in [3.63, 3.8) is 0 Å². The molecule has 0 aliphatic heterocycles. The van der Waals surface area contributed by atoms with Crippen LogP contribution in [0.4, 0.5) is 0 Å². The first-order valence-electron chi connectivity index (χ1n) is 9.66. The predicted molar refractivity (Wildman–Crippen MR) is 118 cm³/mol. The minimum absolute atomic E-state index is 0.0236. The van der Waals surface area contributed by atoms with Gasteiger partial charge < -0.3 is 4.74 Å². The van der Waals surface area contributed by atoms with E-state index < -0.39 is 0 Å². The van der Waals surface area contributed by atoms with Gasteiger partial charge in [0.25, 0.3) is 5.56 Å². The number of fused-ring (bicyclic) bond motifs is 1. The van der Waals surface area contributed by atoms with Gasteiger partial charge in [0, 0.05) is 17.1 Å². The normalized spacial score (nSPS) is 10.9. The minimum Gasteiger partial charge on any atom is -0.494 e. The highest BCUT2D eigenvalue weighted by molar-refractivity contribution is 6.30. The Hall–Kier alpha value is -3.11. The van der Waals surface area contributed by atoms with Gasteiger partial charge in [0.2, 0.25) is 0 Å². The van der Waals surface area contributed by atoms with Gasteiger partial charge in [-0.25, -0.2) is 4.98 Å². The Labute approximate surface area is 174 Å². The van der Waals surface area contributed by atoms with Crippen molar-refractivity contribution in [2.45, 2.75) is 19.4 Å². The van der Waals surface area contributed by atoms with Crippen molar-refractivity contribution < 1.29 is 4.74 Å². The third kappa shape index (κ3) is 4.49. The van der Waals surface area contributed by atoms with Gasteiger partial charge in [-0.3, -0.25) is 9.36 Å². The Morgan fingerprint density at radius 1 is 0.862 bits per heavy atom. The summed E-state index contributed by atoms with van der Waals surface area (Å²) in [6.07, 6.45) is 1.65. The van der Waals surface area contributed by atoms with E-state index in [9.17, 15) is 4.79 Å². The summed E-state index contributed by atoms with van der Waals surface area (Å²) >= 11 is 6.03. The number of rotatable bonds is 7. The van der Waals surface area contributed by atoms with Crippen LogP contribution in [0.15, 0.2) is 83.7 Å². The van der Waals surface area contributed by atoms with E-state index in [1.54, 1.807) is 4.57 Å². The van der Waals surface area contributed by atoms with Crippen LogP contribution in [0, 0.1) is 0 Å². The summed E-state index contributed by atoms with van der Waals surface area (Å²) in [5.41, 5.74) is 1.55. The Bertz CT molecular complexity index is 1160. The molecule has 0 aliphatic carbocycles. The Balaban J connectivity index is 1.56. The molecular formula is C24H21ClN2O2. The van der Waals surface area contributed by atoms with Gasteiger partial charge in [0.1, 0.15) is 11.6 Å². The molecule has 29 heavy (non-hydrogen) atoms. The van der Waals surface area contributed by atoms with E-state index in [0.29, 0.717) is 34.9 Å². The molecule has 0 aliphatic rings. The van der Waals surface area contributed by atoms with Crippen LogP contribution >= 0.6 is 11.6 Å².